The molecule has 4 rings (SSSR count). The number of pyridine rings is 1. The van der Waals surface area contributed by atoms with Gasteiger partial charge in [-0.25, -0.2) is 4.79 Å². The number of fused-ring (bicyclic) bond motifs is 1. The SMILES string of the molecule is CC1CN(C(=O)OC(C)(C)C)CCN1c1nc2cc(Cl)cc(-c3ncccc3C#N)c2o1. The van der Waals surface area contributed by atoms with Crippen molar-refractivity contribution in [1.82, 2.24) is 14.9 Å². The van der Waals surface area contributed by atoms with Crippen molar-refractivity contribution < 1.29 is 13.9 Å². The number of rotatable bonds is 2. The zero-order chi connectivity index (χ0) is 23.0. The number of carbonyl (C=O) groups excluding carboxylic acids is 1. The van der Waals surface area contributed by atoms with Gasteiger partial charge in [0.2, 0.25) is 0 Å². The second kappa shape index (κ2) is 8.32. The van der Waals surface area contributed by atoms with Crippen molar-refractivity contribution in [1.29, 1.82) is 5.26 Å². The van der Waals surface area contributed by atoms with Crippen LogP contribution in [-0.2, 0) is 4.74 Å². The molecule has 166 valence electrons. The Morgan fingerprint density at radius 1 is 1.34 bits per heavy atom. The topological polar surface area (TPSA) is 95.5 Å². The normalized spacial score (nSPS) is 16.8. The van der Waals surface area contributed by atoms with E-state index in [-0.39, 0.29) is 12.1 Å². The minimum absolute atomic E-state index is 0.0345. The Morgan fingerprint density at radius 3 is 2.81 bits per heavy atom. The third-order valence-corrected chi connectivity index (χ3v) is 5.37. The van der Waals surface area contributed by atoms with Crippen molar-refractivity contribution in [3.63, 3.8) is 0 Å². The van der Waals surface area contributed by atoms with E-state index in [1.54, 1.807) is 35.4 Å². The van der Waals surface area contributed by atoms with Crippen molar-refractivity contribution in [2.75, 3.05) is 24.5 Å². The average molecular weight is 454 g/mol. The maximum absolute atomic E-state index is 12.4. The fourth-order valence-electron chi connectivity index (χ4n) is 3.73. The summed E-state index contributed by atoms with van der Waals surface area (Å²) in [6.07, 6.45) is 1.30. The number of amides is 1. The van der Waals surface area contributed by atoms with E-state index in [1.165, 1.54) is 0 Å². The van der Waals surface area contributed by atoms with Crippen LogP contribution in [0.15, 0.2) is 34.9 Å². The Balaban J connectivity index is 1.64. The molecule has 9 heteroatoms. The lowest BCUT2D eigenvalue weighted by Gasteiger charge is -2.39. The molecule has 3 heterocycles. The highest BCUT2D eigenvalue weighted by Crippen LogP contribution is 2.35. The predicted octanol–water partition coefficient (Wildman–Crippen LogP) is 4.86. The Labute approximate surface area is 191 Å². The van der Waals surface area contributed by atoms with Crippen LogP contribution in [0.4, 0.5) is 10.8 Å². The molecule has 0 N–H and O–H groups in total. The first-order valence-electron chi connectivity index (χ1n) is 10.4. The first-order chi connectivity index (χ1) is 15.2. The molecule has 0 radical (unpaired) electrons. The molecule has 32 heavy (non-hydrogen) atoms. The number of nitriles is 1. The maximum Gasteiger partial charge on any atom is 0.410 e. The van der Waals surface area contributed by atoms with Gasteiger partial charge in [-0.15, -0.1) is 0 Å². The lowest BCUT2D eigenvalue weighted by Crippen LogP contribution is -2.54. The number of oxazole rings is 1. The molecule has 0 aliphatic carbocycles. The molecule has 8 nitrogen and oxygen atoms in total. The molecule has 1 fully saturated rings. The Hall–Kier alpha value is -3.31. The van der Waals surface area contributed by atoms with Crippen LogP contribution in [0.2, 0.25) is 5.02 Å². The summed E-state index contributed by atoms with van der Waals surface area (Å²) in [5.74, 6) is 0. The summed E-state index contributed by atoms with van der Waals surface area (Å²) in [6, 6.07) is 9.43. The Bertz CT molecular complexity index is 1210. The molecule has 1 atom stereocenters. The summed E-state index contributed by atoms with van der Waals surface area (Å²) < 4.78 is 11.7. The van der Waals surface area contributed by atoms with Crippen molar-refractivity contribution in [2.45, 2.75) is 39.3 Å². The predicted molar refractivity (Wildman–Crippen MR) is 122 cm³/mol. The number of carbonyl (C=O) groups is 1. The van der Waals surface area contributed by atoms with Gasteiger partial charge in [0, 0.05) is 42.5 Å². The molecule has 3 aromatic rings. The van der Waals surface area contributed by atoms with Crippen LogP contribution in [-0.4, -0.2) is 52.2 Å². The number of benzene rings is 1. The molecule has 1 aliphatic rings. The van der Waals surface area contributed by atoms with Gasteiger partial charge in [-0.1, -0.05) is 11.6 Å². The van der Waals surface area contributed by atoms with Crippen LogP contribution in [0.25, 0.3) is 22.4 Å². The van der Waals surface area contributed by atoms with E-state index in [1.807, 2.05) is 32.6 Å². The highest BCUT2D eigenvalue weighted by molar-refractivity contribution is 6.31. The third-order valence-electron chi connectivity index (χ3n) is 5.15. The molecule has 1 aromatic carbocycles. The smallest absolute Gasteiger partial charge is 0.410 e. The van der Waals surface area contributed by atoms with Crippen molar-refractivity contribution in [3.05, 3.63) is 41.0 Å². The highest BCUT2D eigenvalue weighted by atomic mass is 35.5. The standard InChI is InChI=1S/C23H24ClN5O3/c1-14-13-28(22(30)32-23(2,3)4)8-9-29(14)21-27-18-11-16(24)10-17(20(18)31-21)19-15(12-25)6-5-7-26-19/h5-7,10-11,14H,8-9,13H2,1-4H3. The summed E-state index contributed by atoms with van der Waals surface area (Å²) in [5.41, 5.74) is 2.09. The van der Waals surface area contributed by atoms with Crippen LogP contribution in [0.3, 0.4) is 0 Å². The van der Waals surface area contributed by atoms with Crippen molar-refractivity contribution >= 4 is 34.8 Å². The number of nitrogens with zero attached hydrogens (tertiary/aromatic N) is 5. The van der Waals surface area contributed by atoms with Gasteiger partial charge < -0.3 is 19.0 Å². The molecule has 1 amide bonds. The fraction of sp³-hybridized carbons (Fsp3) is 0.391. The lowest BCUT2D eigenvalue weighted by molar-refractivity contribution is 0.0216. The summed E-state index contributed by atoms with van der Waals surface area (Å²) in [4.78, 5) is 25.2. The molecule has 1 unspecified atom stereocenters. The minimum atomic E-state index is -0.541. The number of hydrogen-bond acceptors (Lipinski definition) is 7. The number of anilines is 1. The van der Waals surface area contributed by atoms with E-state index in [0.717, 1.165) is 0 Å². The second-order valence-electron chi connectivity index (χ2n) is 8.78. The fourth-order valence-corrected chi connectivity index (χ4v) is 3.94. The van der Waals surface area contributed by atoms with E-state index < -0.39 is 5.60 Å². The molecule has 0 saturated carbocycles. The van der Waals surface area contributed by atoms with Gasteiger partial charge >= 0.3 is 6.09 Å². The zero-order valence-electron chi connectivity index (χ0n) is 18.4. The molecule has 1 aliphatic heterocycles. The Morgan fingerprint density at radius 2 is 2.12 bits per heavy atom. The van der Waals surface area contributed by atoms with Crippen LogP contribution in [0.1, 0.15) is 33.3 Å². The molecular formula is C23H24ClN5O3. The number of ether oxygens (including phenoxy) is 1. The first-order valence-corrected chi connectivity index (χ1v) is 10.7. The summed E-state index contributed by atoms with van der Waals surface area (Å²) in [5, 5.41) is 9.96. The molecule has 0 spiro atoms. The maximum atomic E-state index is 12.4. The van der Waals surface area contributed by atoms with Gasteiger partial charge in [0.25, 0.3) is 6.01 Å². The summed E-state index contributed by atoms with van der Waals surface area (Å²) in [7, 11) is 0. The van der Waals surface area contributed by atoms with Crippen molar-refractivity contribution in [2.24, 2.45) is 0 Å². The lowest BCUT2D eigenvalue weighted by atomic mass is 10.1. The third kappa shape index (κ3) is 4.34. The quantitative estimate of drug-likeness (QED) is 0.546. The highest BCUT2D eigenvalue weighted by Gasteiger charge is 2.32. The van der Waals surface area contributed by atoms with Gasteiger partial charge in [-0.05, 0) is 52.0 Å². The van der Waals surface area contributed by atoms with Gasteiger partial charge in [-0.3, -0.25) is 4.98 Å². The van der Waals surface area contributed by atoms with Crippen LogP contribution >= 0.6 is 11.6 Å². The summed E-state index contributed by atoms with van der Waals surface area (Å²) in [6.45, 7) is 9.08. The molecular weight excluding hydrogens is 430 g/mol. The zero-order valence-corrected chi connectivity index (χ0v) is 19.2. The van der Waals surface area contributed by atoms with Crippen molar-refractivity contribution in [3.8, 4) is 17.3 Å². The second-order valence-corrected chi connectivity index (χ2v) is 9.21. The number of hydrogen-bond donors (Lipinski definition) is 0. The largest absolute Gasteiger partial charge is 0.444 e. The van der Waals surface area contributed by atoms with E-state index in [0.29, 0.717) is 58.6 Å². The number of piperazine rings is 1. The monoisotopic (exact) mass is 453 g/mol. The van der Waals surface area contributed by atoms with Gasteiger partial charge in [0.15, 0.2) is 5.58 Å². The number of halogens is 1. The van der Waals surface area contributed by atoms with E-state index in [4.69, 9.17) is 20.8 Å². The molecule has 0 bridgehead atoms. The molecule has 2 aromatic heterocycles. The number of aromatic nitrogens is 2. The molecule has 1 saturated heterocycles. The van der Waals surface area contributed by atoms with Crippen LogP contribution in [0, 0.1) is 11.3 Å². The van der Waals surface area contributed by atoms with Gasteiger partial charge in [0.05, 0.1) is 11.3 Å². The minimum Gasteiger partial charge on any atom is -0.444 e. The summed E-state index contributed by atoms with van der Waals surface area (Å²) >= 11 is 6.34. The Kier molecular flexibility index (Phi) is 5.70. The van der Waals surface area contributed by atoms with E-state index in [2.05, 4.69) is 16.0 Å². The van der Waals surface area contributed by atoms with Gasteiger partial charge in [0.1, 0.15) is 17.2 Å². The van der Waals surface area contributed by atoms with E-state index >= 15 is 0 Å². The van der Waals surface area contributed by atoms with Crippen LogP contribution in [0.5, 0.6) is 0 Å². The average Bonchev–Trinajstić information content (AvgIpc) is 3.15. The van der Waals surface area contributed by atoms with E-state index in [9.17, 15) is 10.1 Å². The van der Waals surface area contributed by atoms with Gasteiger partial charge in [-0.2, -0.15) is 10.2 Å². The van der Waals surface area contributed by atoms with Crippen LogP contribution < -0.4 is 4.90 Å². The first kappa shape index (κ1) is 21.9.